The van der Waals surface area contributed by atoms with Gasteiger partial charge in [-0.3, -0.25) is 15.0 Å². The molecule has 0 aromatic carbocycles. The molecule has 0 saturated carbocycles. The first-order chi connectivity index (χ1) is 13.0. The van der Waals surface area contributed by atoms with Gasteiger partial charge >= 0.3 is 0 Å². The largest absolute Gasteiger partial charge is 0.362 e. The maximum atomic E-state index is 4.97. The molecule has 0 radical (unpaired) electrons. The highest BCUT2D eigenvalue weighted by atomic mass is 15.0. The molecule has 1 N–H and O–H groups in total. The van der Waals surface area contributed by atoms with Gasteiger partial charge in [-0.25, -0.2) is 0 Å². The van der Waals surface area contributed by atoms with Crippen molar-refractivity contribution in [3.63, 3.8) is 0 Å². The minimum Gasteiger partial charge on any atom is -0.362 e. The molecule has 5 heterocycles. The van der Waals surface area contributed by atoms with Gasteiger partial charge < -0.3 is 10.2 Å². The molecule has 2 unspecified atom stereocenters. The zero-order valence-corrected chi connectivity index (χ0v) is 16.8. The first-order valence-corrected chi connectivity index (χ1v) is 10.3. The molecule has 5 aliphatic rings. The Morgan fingerprint density at radius 1 is 0.741 bits per heavy atom. The molecule has 1 saturated heterocycles. The summed E-state index contributed by atoms with van der Waals surface area (Å²) in [5.41, 5.74) is 7.53. The molecule has 0 aliphatic carbocycles. The van der Waals surface area contributed by atoms with Crippen LogP contribution in [0.25, 0.3) is 0 Å². The monoisotopic (exact) mass is 365 g/mol. The van der Waals surface area contributed by atoms with Crippen LogP contribution >= 0.6 is 0 Å². The number of nitrogens with zero attached hydrogens (tertiary/aromatic N) is 4. The van der Waals surface area contributed by atoms with Crippen molar-refractivity contribution < 1.29 is 0 Å². The number of hydrogen-bond donors (Lipinski definition) is 1. The van der Waals surface area contributed by atoms with Crippen LogP contribution in [0.4, 0.5) is 0 Å². The van der Waals surface area contributed by atoms with E-state index in [2.05, 4.69) is 23.5 Å². The van der Waals surface area contributed by atoms with Crippen molar-refractivity contribution in [1.82, 2.24) is 10.2 Å². The minimum atomic E-state index is 0.387. The third-order valence-electron chi connectivity index (χ3n) is 5.42. The van der Waals surface area contributed by atoms with E-state index < -0.39 is 0 Å². The van der Waals surface area contributed by atoms with E-state index in [1.165, 1.54) is 34.2 Å². The van der Waals surface area contributed by atoms with Gasteiger partial charge in [-0.1, -0.05) is 0 Å². The van der Waals surface area contributed by atoms with E-state index in [1.807, 2.05) is 26.0 Å². The molecule has 8 bridgehead atoms. The summed E-state index contributed by atoms with van der Waals surface area (Å²) in [6, 6.07) is 0.778. The van der Waals surface area contributed by atoms with Gasteiger partial charge in [-0.2, -0.15) is 0 Å². The maximum Gasteiger partial charge on any atom is 0.0730 e. The number of fused-ring (bicyclic) bond motifs is 6. The normalized spacial score (nSPS) is 30.5. The van der Waals surface area contributed by atoms with Crippen LogP contribution in [-0.4, -0.2) is 55.3 Å². The van der Waals surface area contributed by atoms with Gasteiger partial charge in [0.2, 0.25) is 0 Å². The minimum absolute atomic E-state index is 0.387. The zero-order valence-electron chi connectivity index (χ0n) is 16.8. The molecule has 5 heteroatoms. The quantitative estimate of drug-likeness (QED) is 0.712. The smallest absolute Gasteiger partial charge is 0.0730 e. The Morgan fingerprint density at radius 3 is 1.93 bits per heavy atom. The zero-order chi connectivity index (χ0) is 18.8. The van der Waals surface area contributed by atoms with Crippen molar-refractivity contribution in [2.75, 3.05) is 21.1 Å². The van der Waals surface area contributed by atoms with E-state index in [-0.39, 0.29) is 0 Å². The molecular formula is C22H31N5. The number of rotatable bonds is 0. The van der Waals surface area contributed by atoms with Crippen molar-refractivity contribution >= 4 is 17.1 Å². The van der Waals surface area contributed by atoms with E-state index in [9.17, 15) is 0 Å². The van der Waals surface area contributed by atoms with Crippen molar-refractivity contribution in [2.45, 2.75) is 63.5 Å². The summed E-state index contributed by atoms with van der Waals surface area (Å²) in [5.74, 6) is 0. The molecule has 1 fully saturated rings. The lowest BCUT2D eigenvalue weighted by Gasteiger charge is -2.11. The molecule has 0 spiro atoms. The third-order valence-corrected chi connectivity index (χ3v) is 5.42. The highest BCUT2D eigenvalue weighted by Gasteiger charge is 2.29. The van der Waals surface area contributed by atoms with Gasteiger partial charge in [0.05, 0.1) is 12.1 Å². The highest BCUT2D eigenvalue weighted by Crippen LogP contribution is 2.30. The summed E-state index contributed by atoms with van der Waals surface area (Å²) in [7, 11) is 6.00. The fourth-order valence-corrected chi connectivity index (χ4v) is 4.22. The third kappa shape index (κ3) is 4.64. The maximum absolute atomic E-state index is 4.97. The fourth-order valence-electron chi connectivity index (χ4n) is 4.22. The second kappa shape index (κ2) is 7.93. The summed E-state index contributed by atoms with van der Waals surface area (Å²) in [5, 5.41) is 3.57. The number of hydrogen-bond acceptors (Lipinski definition) is 5. The number of nitrogens with one attached hydrogen (secondary N) is 1. The van der Waals surface area contributed by atoms with E-state index in [0.29, 0.717) is 12.1 Å². The van der Waals surface area contributed by atoms with Crippen LogP contribution in [0.5, 0.6) is 0 Å². The lowest BCUT2D eigenvalue weighted by molar-refractivity contribution is 0.505. The van der Waals surface area contributed by atoms with Crippen LogP contribution in [-0.2, 0) is 0 Å². The number of allylic oxidation sites excluding steroid dienone is 6. The van der Waals surface area contributed by atoms with Crippen LogP contribution in [0.3, 0.4) is 0 Å². The van der Waals surface area contributed by atoms with Crippen LogP contribution in [0.2, 0.25) is 0 Å². The van der Waals surface area contributed by atoms with E-state index >= 15 is 0 Å². The van der Waals surface area contributed by atoms with Crippen LogP contribution in [0.1, 0.15) is 51.4 Å². The van der Waals surface area contributed by atoms with Gasteiger partial charge in [0.25, 0.3) is 0 Å². The van der Waals surface area contributed by atoms with E-state index in [4.69, 9.17) is 15.0 Å². The van der Waals surface area contributed by atoms with Gasteiger partial charge in [-0.05, 0) is 90.7 Å². The van der Waals surface area contributed by atoms with Crippen LogP contribution in [0.15, 0.2) is 50.3 Å². The molecule has 0 aromatic rings. The van der Waals surface area contributed by atoms with Crippen LogP contribution < -0.4 is 5.32 Å². The van der Waals surface area contributed by atoms with Gasteiger partial charge in [0.15, 0.2) is 0 Å². The lowest BCUT2D eigenvalue weighted by atomic mass is 10.0. The molecule has 144 valence electrons. The SMILES string of the molecule is C1=C2CCC(=CC3=NC(CC3)C3CCC(=N3)/C=C3/CCC1=N3)N2.CN(C)C. The standard InChI is InChI=1S/C19H22N4.C3H9N/c1-3-14-10-16-5-7-18(22-16)19-8-6-17(23-19)11-15-4-2-13(21-15)9-12(1)20-14;1-4(2)3/h9-11,18-20H,1-8H2;1-3H3/b12-9?,14-10?,15-11-;. The Morgan fingerprint density at radius 2 is 1.30 bits per heavy atom. The van der Waals surface area contributed by atoms with Gasteiger partial charge in [0.1, 0.15) is 0 Å². The molecule has 27 heavy (non-hydrogen) atoms. The Labute approximate surface area is 162 Å². The predicted molar refractivity (Wildman–Crippen MR) is 114 cm³/mol. The molecule has 5 rings (SSSR count). The second-order valence-corrected chi connectivity index (χ2v) is 8.50. The summed E-state index contributed by atoms with van der Waals surface area (Å²) in [6.07, 6.45) is 15.6. The van der Waals surface area contributed by atoms with Crippen molar-refractivity contribution in [2.24, 2.45) is 15.0 Å². The van der Waals surface area contributed by atoms with Crippen molar-refractivity contribution in [3.05, 3.63) is 35.3 Å². The first kappa shape index (κ1) is 18.4. The Kier molecular flexibility index (Phi) is 5.39. The average Bonchev–Trinajstić information content (AvgIpc) is 3.36. The molecule has 5 aliphatic heterocycles. The van der Waals surface area contributed by atoms with E-state index in [1.54, 1.807) is 0 Å². The van der Waals surface area contributed by atoms with Crippen LogP contribution in [0, 0.1) is 0 Å². The molecule has 0 aromatic heterocycles. The van der Waals surface area contributed by atoms with Crippen molar-refractivity contribution in [1.29, 1.82) is 0 Å². The Hall–Kier alpha value is -2.01. The number of aliphatic imine (C=N–C) groups is 3. The molecule has 5 nitrogen and oxygen atoms in total. The molecule has 2 atom stereocenters. The fraction of sp³-hybridized carbons (Fsp3) is 0.591. The van der Waals surface area contributed by atoms with Crippen molar-refractivity contribution in [3.8, 4) is 0 Å². The predicted octanol–water partition coefficient (Wildman–Crippen LogP) is 3.65. The Bertz CT molecular complexity index is 776. The van der Waals surface area contributed by atoms with Gasteiger partial charge in [-0.15, -0.1) is 0 Å². The topological polar surface area (TPSA) is 52.4 Å². The molecule has 0 amide bonds. The Balaban J connectivity index is 0.000000413. The summed E-state index contributed by atoms with van der Waals surface area (Å²) in [4.78, 5) is 16.7. The lowest BCUT2D eigenvalue weighted by Crippen LogP contribution is -2.17. The molecular weight excluding hydrogens is 334 g/mol. The van der Waals surface area contributed by atoms with E-state index in [0.717, 1.165) is 51.4 Å². The highest BCUT2D eigenvalue weighted by molar-refractivity contribution is 6.01. The second-order valence-electron chi connectivity index (χ2n) is 8.50. The first-order valence-electron chi connectivity index (χ1n) is 10.3. The summed E-state index contributed by atoms with van der Waals surface area (Å²) in [6.45, 7) is 0. The summed E-state index contributed by atoms with van der Waals surface area (Å²) >= 11 is 0. The average molecular weight is 366 g/mol. The van der Waals surface area contributed by atoms with Gasteiger partial charge in [0, 0.05) is 34.2 Å². The summed E-state index contributed by atoms with van der Waals surface area (Å²) < 4.78 is 0.